The van der Waals surface area contributed by atoms with Crippen molar-refractivity contribution in [3.63, 3.8) is 0 Å². The highest BCUT2D eigenvalue weighted by molar-refractivity contribution is 7.92. The van der Waals surface area contributed by atoms with Crippen molar-refractivity contribution in [1.29, 1.82) is 0 Å². The summed E-state index contributed by atoms with van der Waals surface area (Å²) in [6, 6.07) is 8.38. The molecule has 0 saturated heterocycles. The van der Waals surface area contributed by atoms with Crippen LogP contribution in [0.2, 0.25) is 0 Å². The Kier molecular flexibility index (Phi) is 8.41. The summed E-state index contributed by atoms with van der Waals surface area (Å²) in [7, 11) is -2.22. The summed E-state index contributed by atoms with van der Waals surface area (Å²) in [5.41, 5.74) is -1.22. The zero-order valence-electron chi connectivity index (χ0n) is 24.1. The number of ether oxygens (including phenoxy) is 1. The SMILES string of the molecule is CCS(=O)(=O)Nc1ccc(Oc2c(C)cc(F)cc2C)c(-c2cn(C)c(=O)c3sc(C(=O)NC(C)(C)C(F)(F)F)cc23)c1. The fourth-order valence-electron chi connectivity index (χ4n) is 4.29. The van der Waals surface area contributed by atoms with Gasteiger partial charge in [0.2, 0.25) is 10.0 Å². The van der Waals surface area contributed by atoms with Gasteiger partial charge in [0.1, 0.15) is 27.6 Å². The summed E-state index contributed by atoms with van der Waals surface area (Å²) in [4.78, 5) is 25.9. The maximum Gasteiger partial charge on any atom is 0.410 e. The number of hydrogen-bond donors (Lipinski definition) is 2. The lowest BCUT2D eigenvalue weighted by Gasteiger charge is -2.28. The molecule has 4 rings (SSSR count). The van der Waals surface area contributed by atoms with Crippen LogP contribution in [-0.4, -0.2) is 36.4 Å². The Morgan fingerprint density at radius 2 is 1.67 bits per heavy atom. The van der Waals surface area contributed by atoms with Gasteiger partial charge in [-0.15, -0.1) is 11.3 Å². The molecule has 2 aromatic heterocycles. The minimum atomic E-state index is -4.73. The van der Waals surface area contributed by atoms with Crippen LogP contribution in [0.1, 0.15) is 41.6 Å². The molecule has 0 radical (unpaired) electrons. The number of carbonyl (C=O) groups excluding carboxylic acids is 1. The summed E-state index contributed by atoms with van der Waals surface area (Å²) in [6.45, 7) is 6.44. The molecule has 0 aliphatic carbocycles. The van der Waals surface area contributed by atoms with E-state index in [9.17, 15) is 35.6 Å². The van der Waals surface area contributed by atoms with Gasteiger partial charge in [0.25, 0.3) is 11.5 Å². The number of thiophene rings is 1. The van der Waals surface area contributed by atoms with E-state index in [0.717, 1.165) is 25.2 Å². The number of fused-ring (bicyclic) bond motifs is 1. The van der Waals surface area contributed by atoms with E-state index < -0.39 is 39.0 Å². The van der Waals surface area contributed by atoms with E-state index in [1.54, 1.807) is 13.8 Å². The summed E-state index contributed by atoms with van der Waals surface area (Å²) in [5.74, 6) is -1.10. The Bertz CT molecular complexity index is 1890. The molecule has 0 fully saturated rings. The molecule has 4 aromatic rings. The third kappa shape index (κ3) is 6.54. The molecule has 0 unspecified atom stereocenters. The van der Waals surface area contributed by atoms with E-state index in [1.807, 2.05) is 5.32 Å². The van der Waals surface area contributed by atoms with Gasteiger partial charge in [0.15, 0.2) is 0 Å². The molecule has 0 aliphatic heterocycles. The molecule has 0 saturated carbocycles. The standard InChI is InChI=1S/C29H29F4N3O5S2/c1-7-43(39,40)35-18-8-9-22(41-24-15(2)10-17(30)11-16(24)3)19(12-18)21-14-36(6)27(38)25-20(21)13-23(42-25)26(37)34-28(4,5)29(31,32)33/h8-14,35H,7H2,1-6H3,(H,34,37). The first-order valence-corrected chi connectivity index (χ1v) is 15.4. The Morgan fingerprint density at radius 1 is 1.05 bits per heavy atom. The number of halogens is 4. The van der Waals surface area contributed by atoms with E-state index in [0.29, 0.717) is 28.0 Å². The first-order chi connectivity index (χ1) is 19.8. The molecule has 2 aromatic carbocycles. The molecule has 0 atom stereocenters. The summed E-state index contributed by atoms with van der Waals surface area (Å²) in [5, 5.41) is 2.22. The normalized spacial score (nSPS) is 12.4. The predicted molar refractivity (Wildman–Crippen MR) is 159 cm³/mol. The Morgan fingerprint density at radius 3 is 2.26 bits per heavy atom. The van der Waals surface area contributed by atoms with E-state index in [2.05, 4.69) is 4.72 Å². The van der Waals surface area contributed by atoms with Crippen molar-refractivity contribution in [3.05, 3.63) is 74.8 Å². The van der Waals surface area contributed by atoms with Gasteiger partial charge in [-0.3, -0.25) is 14.3 Å². The van der Waals surface area contributed by atoms with Crippen LogP contribution in [0, 0.1) is 19.7 Å². The van der Waals surface area contributed by atoms with Gasteiger partial charge in [-0.1, -0.05) is 0 Å². The van der Waals surface area contributed by atoms with Crippen LogP contribution in [0.3, 0.4) is 0 Å². The molecule has 14 heteroatoms. The number of anilines is 1. The first-order valence-electron chi connectivity index (χ1n) is 13.0. The number of alkyl halides is 3. The summed E-state index contributed by atoms with van der Waals surface area (Å²) < 4.78 is 89.1. The van der Waals surface area contributed by atoms with Crippen molar-refractivity contribution in [2.75, 3.05) is 10.5 Å². The lowest BCUT2D eigenvalue weighted by atomic mass is 10.0. The van der Waals surface area contributed by atoms with Crippen LogP contribution >= 0.6 is 11.3 Å². The van der Waals surface area contributed by atoms with Gasteiger partial charge in [0, 0.05) is 35.4 Å². The van der Waals surface area contributed by atoms with E-state index in [1.165, 1.54) is 61.1 Å². The fourth-order valence-corrected chi connectivity index (χ4v) is 5.97. The molecule has 43 heavy (non-hydrogen) atoms. The van der Waals surface area contributed by atoms with Crippen LogP contribution in [0.25, 0.3) is 21.2 Å². The van der Waals surface area contributed by atoms with Crippen LogP contribution in [0.5, 0.6) is 11.5 Å². The first kappa shape index (κ1) is 32.0. The van der Waals surface area contributed by atoms with Gasteiger partial charge in [-0.05, 0) is 82.1 Å². The van der Waals surface area contributed by atoms with Gasteiger partial charge >= 0.3 is 6.18 Å². The number of pyridine rings is 1. The Balaban J connectivity index is 1.94. The number of carbonyl (C=O) groups is 1. The van der Waals surface area contributed by atoms with Crippen LogP contribution in [-0.2, 0) is 17.1 Å². The van der Waals surface area contributed by atoms with Gasteiger partial charge in [0.05, 0.1) is 10.6 Å². The van der Waals surface area contributed by atoms with Crippen molar-refractivity contribution in [3.8, 4) is 22.6 Å². The topological polar surface area (TPSA) is 106 Å². The van der Waals surface area contributed by atoms with Crippen LogP contribution in [0.4, 0.5) is 23.2 Å². The molecule has 2 heterocycles. The minimum absolute atomic E-state index is 0.0922. The molecule has 230 valence electrons. The van der Waals surface area contributed by atoms with Crippen molar-refractivity contribution in [2.45, 2.75) is 46.3 Å². The predicted octanol–water partition coefficient (Wildman–Crippen LogP) is 6.65. The summed E-state index contributed by atoms with van der Waals surface area (Å²) in [6.07, 6.45) is -3.26. The zero-order valence-corrected chi connectivity index (χ0v) is 25.7. The highest BCUT2D eigenvalue weighted by Gasteiger charge is 2.48. The molecule has 0 bridgehead atoms. The highest BCUT2D eigenvalue weighted by Crippen LogP contribution is 2.42. The number of nitrogens with zero attached hydrogens (tertiary/aromatic N) is 1. The largest absolute Gasteiger partial charge is 0.456 e. The quantitative estimate of drug-likeness (QED) is 0.210. The number of aryl methyl sites for hydroxylation is 3. The van der Waals surface area contributed by atoms with Crippen LogP contribution < -0.4 is 20.3 Å². The van der Waals surface area contributed by atoms with E-state index >= 15 is 0 Å². The number of nitrogens with one attached hydrogen (secondary N) is 2. The molecular formula is C29H29F4N3O5S2. The molecule has 2 N–H and O–H groups in total. The average Bonchev–Trinajstić information content (AvgIpc) is 3.34. The molecule has 0 aliphatic rings. The molecular weight excluding hydrogens is 610 g/mol. The Hall–Kier alpha value is -3.91. The van der Waals surface area contributed by atoms with Gasteiger partial charge in [-0.2, -0.15) is 13.2 Å². The number of hydrogen-bond acceptors (Lipinski definition) is 6. The number of rotatable bonds is 8. The second kappa shape index (κ2) is 11.3. The zero-order chi connectivity index (χ0) is 32.1. The number of sulfonamides is 1. The second-order valence-electron chi connectivity index (χ2n) is 10.6. The lowest BCUT2D eigenvalue weighted by molar-refractivity contribution is -0.182. The van der Waals surface area contributed by atoms with Gasteiger partial charge < -0.3 is 14.6 Å². The molecule has 0 spiro atoms. The molecule has 1 amide bonds. The fraction of sp³-hybridized carbons (Fsp3) is 0.310. The number of amides is 1. The highest BCUT2D eigenvalue weighted by atomic mass is 32.2. The minimum Gasteiger partial charge on any atom is -0.456 e. The average molecular weight is 640 g/mol. The maximum atomic E-state index is 14.0. The third-order valence-corrected chi connectivity index (χ3v) is 9.21. The smallest absolute Gasteiger partial charge is 0.410 e. The number of aromatic nitrogens is 1. The molecule has 8 nitrogen and oxygen atoms in total. The van der Waals surface area contributed by atoms with Crippen LogP contribution in [0.15, 0.2) is 47.4 Å². The summed E-state index contributed by atoms with van der Waals surface area (Å²) >= 11 is 0.734. The second-order valence-corrected chi connectivity index (χ2v) is 13.6. The number of benzene rings is 2. The van der Waals surface area contributed by atoms with Crippen molar-refractivity contribution >= 4 is 43.0 Å². The van der Waals surface area contributed by atoms with Gasteiger partial charge in [-0.25, -0.2) is 12.8 Å². The third-order valence-electron chi connectivity index (χ3n) is 6.78. The monoisotopic (exact) mass is 639 g/mol. The van der Waals surface area contributed by atoms with Crippen molar-refractivity contribution in [2.24, 2.45) is 7.05 Å². The Labute approximate surface area is 249 Å². The van der Waals surface area contributed by atoms with Crippen molar-refractivity contribution < 1.29 is 35.5 Å². The van der Waals surface area contributed by atoms with E-state index in [4.69, 9.17) is 4.74 Å². The lowest BCUT2D eigenvalue weighted by Crippen LogP contribution is -2.54. The van der Waals surface area contributed by atoms with Crippen molar-refractivity contribution in [1.82, 2.24) is 9.88 Å². The maximum absolute atomic E-state index is 14.0. The van der Waals surface area contributed by atoms with E-state index in [-0.39, 0.29) is 32.2 Å².